The summed E-state index contributed by atoms with van der Waals surface area (Å²) in [6.45, 7) is 6.05. The fourth-order valence-electron chi connectivity index (χ4n) is 2.39. The van der Waals surface area contributed by atoms with E-state index in [1.165, 1.54) is 5.56 Å². The van der Waals surface area contributed by atoms with Crippen LogP contribution >= 0.6 is 0 Å². The largest absolute Gasteiger partial charge is 0.481 e. The van der Waals surface area contributed by atoms with Crippen LogP contribution in [-0.2, 0) is 17.6 Å². The maximum absolute atomic E-state index is 10.7. The molecular formula is C16H20N2O2. The molecule has 0 amide bonds. The molecule has 0 bridgehead atoms. The Kier molecular flexibility index (Phi) is 4.23. The number of aromatic nitrogens is 2. The first-order valence-electron chi connectivity index (χ1n) is 6.89. The summed E-state index contributed by atoms with van der Waals surface area (Å²) >= 11 is 0. The van der Waals surface area contributed by atoms with E-state index in [4.69, 9.17) is 5.11 Å². The predicted octanol–water partition coefficient (Wildman–Crippen LogP) is 3.07. The topological polar surface area (TPSA) is 55.1 Å². The van der Waals surface area contributed by atoms with Gasteiger partial charge in [0.1, 0.15) is 0 Å². The molecule has 0 radical (unpaired) electrons. The molecule has 0 unspecified atom stereocenters. The van der Waals surface area contributed by atoms with Crippen LogP contribution in [0.25, 0.3) is 5.69 Å². The summed E-state index contributed by atoms with van der Waals surface area (Å²) < 4.78 is 1.89. The van der Waals surface area contributed by atoms with E-state index < -0.39 is 5.97 Å². The second-order valence-electron chi connectivity index (χ2n) is 4.97. The van der Waals surface area contributed by atoms with Gasteiger partial charge in [-0.25, -0.2) is 4.68 Å². The number of rotatable bonds is 5. The summed E-state index contributed by atoms with van der Waals surface area (Å²) in [4.78, 5) is 10.7. The first-order valence-corrected chi connectivity index (χ1v) is 6.89. The molecule has 2 rings (SSSR count). The van der Waals surface area contributed by atoms with Crippen LogP contribution in [0.3, 0.4) is 0 Å². The highest BCUT2D eigenvalue weighted by Gasteiger charge is 2.13. The predicted molar refractivity (Wildman–Crippen MR) is 78.4 cm³/mol. The minimum absolute atomic E-state index is 0.141. The summed E-state index contributed by atoms with van der Waals surface area (Å²) in [6, 6.07) is 8.31. The lowest BCUT2D eigenvalue weighted by Crippen LogP contribution is -2.01. The van der Waals surface area contributed by atoms with E-state index in [0.717, 1.165) is 29.1 Å². The number of benzene rings is 1. The second-order valence-corrected chi connectivity index (χ2v) is 4.97. The van der Waals surface area contributed by atoms with Gasteiger partial charge in [-0.1, -0.05) is 19.1 Å². The van der Waals surface area contributed by atoms with Gasteiger partial charge in [0.05, 0.1) is 11.4 Å². The van der Waals surface area contributed by atoms with Gasteiger partial charge in [0.2, 0.25) is 0 Å². The van der Waals surface area contributed by atoms with E-state index in [-0.39, 0.29) is 6.42 Å². The van der Waals surface area contributed by atoms with Crippen LogP contribution in [0.5, 0.6) is 0 Å². The van der Waals surface area contributed by atoms with Crippen molar-refractivity contribution in [2.75, 3.05) is 0 Å². The van der Waals surface area contributed by atoms with Crippen molar-refractivity contribution in [3.8, 4) is 5.69 Å². The number of carboxylic acids is 1. The minimum Gasteiger partial charge on any atom is -0.481 e. The Morgan fingerprint density at radius 3 is 2.45 bits per heavy atom. The van der Waals surface area contributed by atoms with Crippen molar-refractivity contribution in [3.05, 3.63) is 46.8 Å². The Labute approximate surface area is 119 Å². The summed E-state index contributed by atoms with van der Waals surface area (Å²) in [5, 5.41) is 13.3. The molecule has 1 N–H and O–H groups in total. The number of hydrogen-bond donors (Lipinski definition) is 1. The molecule has 1 aromatic carbocycles. The summed E-state index contributed by atoms with van der Waals surface area (Å²) in [5.74, 6) is -0.774. The molecule has 0 fully saturated rings. The Balaban J connectivity index is 2.32. The average Bonchev–Trinajstić information content (AvgIpc) is 2.72. The highest BCUT2D eigenvalue weighted by atomic mass is 16.4. The van der Waals surface area contributed by atoms with Gasteiger partial charge in [0, 0.05) is 12.1 Å². The van der Waals surface area contributed by atoms with Gasteiger partial charge in [0.25, 0.3) is 0 Å². The average molecular weight is 272 g/mol. The highest BCUT2D eigenvalue weighted by Crippen LogP contribution is 2.19. The molecule has 106 valence electrons. The van der Waals surface area contributed by atoms with Crippen LogP contribution in [0.1, 0.15) is 35.9 Å². The zero-order chi connectivity index (χ0) is 14.7. The summed E-state index contributed by atoms with van der Waals surface area (Å²) in [7, 11) is 0. The third-order valence-electron chi connectivity index (χ3n) is 3.62. The lowest BCUT2D eigenvalue weighted by Gasteiger charge is -2.06. The molecule has 20 heavy (non-hydrogen) atoms. The Morgan fingerprint density at radius 2 is 1.90 bits per heavy atom. The number of carboxylic acid groups (broad SMARTS) is 1. The molecule has 1 heterocycles. The Morgan fingerprint density at radius 1 is 1.25 bits per heavy atom. The van der Waals surface area contributed by atoms with Crippen molar-refractivity contribution in [1.29, 1.82) is 0 Å². The van der Waals surface area contributed by atoms with Crippen molar-refractivity contribution < 1.29 is 9.90 Å². The normalized spacial score (nSPS) is 10.8. The van der Waals surface area contributed by atoms with Crippen molar-refractivity contribution in [3.63, 3.8) is 0 Å². The van der Waals surface area contributed by atoms with Gasteiger partial charge in [-0.15, -0.1) is 0 Å². The van der Waals surface area contributed by atoms with Crippen LogP contribution in [0, 0.1) is 13.8 Å². The lowest BCUT2D eigenvalue weighted by molar-refractivity contribution is -0.136. The van der Waals surface area contributed by atoms with E-state index in [2.05, 4.69) is 36.3 Å². The summed E-state index contributed by atoms with van der Waals surface area (Å²) in [6.07, 6.45) is 1.68. The third kappa shape index (κ3) is 2.90. The number of aliphatic carboxylic acids is 1. The van der Waals surface area contributed by atoms with Crippen LogP contribution < -0.4 is 0 Å². The minimum atomic E-state index is -0.774. The molecule has 1 aromatic heterocycles. The molecule has 0 spiro atoms. The smallest absolute Gasteiger partial charge is 0.303 e. The molecule has 0 aliphatic carbocycles. The first-order chi connectivity index (χ1) is 9.52. The fourth-order valence-corrected chi connectivity index (χ4v) is 2.39. The Hall–Kier alpha value is -2.10. The maximum atomic E-state index is 10.7. The number of aryl methyl sites for hydroxylation is 2. The molecule has 4 heteroatoms. The van der Waals surface area contributed by atoms with Crippen molar-refractivity contribution in [1.82, 2.24) is 9.78 Å². The Bertz CT molecular complexity index is 612. The van der Waals surface area contributed by atoms with E-state index in [0.29, 0.717) is 6.42 Å². The maximum Gasteiger partial charge on any atom is 0.303 e. The fraction of sp³-hybridized carbons (Fsp3) is 0.375. The van der Waals surface area contributed by atoms with Crippen LogP contribution in [-0.4, -0.2) is 20.9 Å². The summed E-state index contributed by atoms with van der Waals surface area (Å²) in [5.41, 5.74) is 5.27. The van der Waals surface area contributed by atoms with Crippen molar-refractivity contribution >= 4 is 5.97 Å². The van der Waals surface area contributed by atoms with Gasteiger partial charge >= 0.3 is 5.97 Å². The third-order valence-corrected chi connectivity index (χ3v) is 3.62. The van der Waals surface area contributed by atoms with Crippen LogP contribution in [0.4, 0.5) is 0 Å². The monoisotopic (exact) mass is 272 g/mol. The van der Waals surface area contributed by atoms with Crippen LogP contribution in [0.15, 0.2) is 24.3 Å². The zero-order valence-electron chi connectivity index (χ0n) is 12.2. The number of nitrogens with zero attached hydrogens (tertiary/aromatic N) is 2. The van der Waals surface area contributed by atoms with Gasteiger partial charge in [-0.3, -0.25) is 4.79 Å². The second kappa shape index (κ2) is 5.90. The van der Waals surface area contributed by atoms with Crippen molar-refractivity contribution in [2.24, 2.45) is 0 Å². The number of carbonyl (C=O) groups is 1. The zero-order valence-corrected chi connectivity index (χ0v) is 12.2. The first kappa shape index (κ1) is 14.3. The SMILES string of the molecule is CCc1ccc(-n2nc(C)c(CCC(=O)O)c2C)cc1. The molecule has 0 atom stereocenters. The molecule has 0 saturated carbocycles. The molecule has 2 aromatic rings. The molecule has 4 nitrogen and oxygen atoms in total. The standard InChI is InChI=1S/C16H20N2O2/c1-4-13-5-7-14(8-6-13)18-12(3)15(11(2)17-18)9-10-16(19)20/h5-8H,4,9-10H2,1-3H3,(H,19,20). The molecule has 0 saturated heterocycles. The highest BCUT2D eigenvalue weighted by molar-refractivity contribution is 5.67. The van der Waals surface area contributed by atoms with E-state index in [1.54, 1.807) is 0 Å². The molecular weight excluding hydrogens is 252 g/mol. The van der Waals surface area contributed by atoms with Gasteiger partial charge in [-0.05, 0) is 49.9 Å². The number of hydrogen-bond acceptors (Lipinski definition) is 2. The lowest BCUT2D eigenvalue weighted by atomic mass is 10.1. The van der Waals surface area contributed by atoms with Crippen molar-refractivity contribution in [2.45, 2.75) is 40.0 Å². The van der Waals surface area contributed by atoms with Gasteiger partial charge in [0.15, 0.2) is 0 Å². The van der Waals surface area contributed by atoms with E-state index in [1.807, 2.05) is 18.5 Å². The van der Waals surface area contributed by atoms with Gasteiger partial charge in [-0.2, -0.15) is 5.10 Å². The van der Waals surface area contributed by atoms with E-state index >= 15 is 0 Å². The van der Waals surface area contributed by atoms with Gasteiger partial charge < -0.3 is 5.11 Å². The van der Waals surface area contributed by atoms with E-state index in [9.17, 15) is 4.79 Å². The molecule has 0 aliphatic rings. The molecule has 0 aliphatic heterocycles. The van der Waals surface area contributed by atoms with Crippen LogP contribution in [0.2, 0.25) is 0 Å². The quantitative estimate of drug-likeness (QED) is 0.910.